The zero-order chi connectivity index (χ0) is 17.1. The van der Waals surface area contributed by atoms with E-state index in [-0.39, 0.29) is 0 Å². The topological polar surface area (TPSA) is 40.6 Å². The smallest absolute Gasteiger partial charge is 0.136 e. The molecule has 1 aromatic heterocycles. The van der Waals surface area contributed by atoms with Gasteiger partial charge in [0.05, 0.1) is 18.5 Å². The van der Waals surface area contributed by atoms with E-state index < -0.39 is 0 Å². The van der Waals surface area contributed by atoms with E-state index >= 15 is 0 Å². The third-order valence-corrected chi connectivity index (χ3v) is 5.52. The van der Waals surface area contributed by atoms with Crippen molar-refractivity contribution in [2.45, 2.75) is 25.3 Å². The van der Waals surface area contributed by atoms with Gasteiger partial charge < -0.3 is 15.0 Å². The van der Waals surface area contributed by atoms with Crippen molar-refractivity contribution in [2.24, 2.45) is 0 Å². The van der Waals surface area contributed by atoms with Gasteiger partial charge in [-0.3, -0.25) is 4.90 Å². The minimum Gasteiger partial charge on any atom is -0.383 e. The van der Waals surface area contributed by atoms with E-state index in [1.807, 2.05) is 6.20 Å². The van der Waals surface area contributed by atoms with Crippen LogP contribution in [0, 0.1) is 0 Å². The SMILES string of the molecule is COCCNc1cnc(N2CCC(N3CCCC3)C2)c2ccccc12. The van der Waals surface area contributed by atoms with E-state index in [1.54, 1.807) is 7.11 Å². The Morgan fingerprint density at radius 2 is 1.96 bits per heavy atom. The number of aromatic nitrogens is 1. The maximum atomic E-state index is 5.15. The summed E-state index contributed by atoms with van der Waals surface area (Å²) in [4.78, 5) is 9.98. The number of methoxy groups -OCH3 is 1. The minimum atomic E-state index is 0.694. The number of likely N-dealkylation sites (tertiary alicyclic amines) is 1. The molecule has 25 heavy (non-hydrogen) atoms. The Balaban J connectivity index is 1.57. The first-order chi connectivity index (χ1) is 12.4. The van der Waals surface area contributed by atoms with Crippen LogP contribution in [0.4, 0.5) is 11.5 Å². The number of fused-ring (bicyclic) bond motifs is 1. The van der Waals surface area contributed by atoms with Crippen LogP contribution >= 0.6 is 0 Å². The van der Waals surface area contributed by atoms with Gasteiger partial charge in [-0.15, -0.1) is 0 Å². The van der Waals surface area contributed by atoms with Crippen molar-refractivity contribution in [1.29, 1.82) is 0 Å². The fourth-order valence-electron chi connectivity index (χ4n) is 4.20. The maximum absolute atomic E-state index is 5.15. The third-order valence-electron chi connectivity index (χ3n) is 5.52. The molecular weight excluding hydrogens is 312 g/mol. The number of pyridine rings is 1. The molecule has 2 saturated heterocycles. The van der Waals surface area contributed by atoms with E-state index in [1.165, 1.54) is 43.1 Å². The summed E-state index contributed by atoms with van der Waals surface area (Å²) in [6.45, 7) is 6.24. The highest BCUT2D eigenvalue weighted by Crippen LogP contribution is 2.32. The molecule has 0 radical (unpaired) electrons. The standard InChI is InChI=1S/C20H28N4O/c1-25-13-9-21-19-14-22-20(18-7-3-2-6-17(18)19)24-12-8-16(15-24)23-10-4-5-11-23/h2-3,6-7,14,16,21H,4-5,8-13,15H2,1H3. The lowest BCUT2D eigenvalue weighted by molar-refractivity contribution is 0.211. The summed E-state index contributed by atoms with van der Waals surface area (Å²) in [5.74, 6) is 1.13. The Morgan fingerprint density at radius 3 is 2.76 bits per heavy atom. The summed E-state index contributed by atoms with van der Waals surface area (Å²) in [5, 5.41) is 5.93. The highest BCUT2D eigenvalue weighted by Gasteiger charge is 2.30. The van der Waals surface area contributed by atoms with Gasteiger partial charge in [0.1, 0.15) is 5.82 Å². The average Bonchev–Trinajstić information content (AvgIpc) is 3.33. The summed E-state index contributed by atoms with van der Waals surface area (Å²) in [6.07, 6.45) is 5.96. The number of nitrogens with zero attached hydrogens (tertiary/aromatic N) is 3. The van der Waals surface area contributed by atoms with Crippen molar-refractivity contribution < 1.29 is 4.74 Å². The predicted octanol–water partition coefficient (Wildman–Crippen LogP) is 2.97. The second-order valence-corrected chi connectivity index (χ2v) is 7.09. The quantitative estimate of drug-likeness (QED) is 0.819. The van der Waals surface area contributed by atoms with Crippen LogP contribution in [0.25, 0.3) is 10.8 Å². The van der Waals surface area contributed by atoms with Gasteiger partial charge in [-0.05, 0) is 32.4 Å². The number of hydrogen-bond acceptors (Lipinski definition) is 5. The molecule has 2 fully saturated rings. The molecule has 1 N–H and O–H groups in total. The summed E-state index contributed by atoms with van der Waals surface area (Å²) >= 11 is 0. The van der Waals surface area contributed by atoms with Crippen LogP contribution in [0.3, 0.4) is 0 Å². The van der Waals surface area contributed by atoms with Crippen LogP contribution in [0.15, 0.2) is 30.5 Å². The van der Waals surface area contributed by atoms with Crippen molar-refractivity contribution in [1.82, 2.24) is 9.88 Å². The molecule has 1 aromatic carbocycles. The Bertz CT molecular complexity index is 714. The Morgan fingerprint density at radius 1 is 1.16 bits per heavy atom. The van der Waals surface area contributed by atoms with Gasteiger partial charge in [0.2, 0.25) is 0 Å². The maximum Gasteiger partial charge on any atom is 0.136 e. The second kappa shape index (κ2) is 7.58. The van der Waals surface area contributed by atoms with Crippen LogP contribution in [-0.2, 0) is 4.74 Å². The van der Waals surface area contributed by atoms with Gasteiger partial charge in [-0.1, -0.05) is 24.3 Å². The number of benzene rings is 1. The number of rotatable bonds is 6. The largest absolute Gasteiger partial charge is 0.383 e. The molecule has 0 saturated carbocycles. The van der Waals surface area contributed by atoms with E-state index in [9.17, 15) is 0 Å². The second-order valence-electron chi connectivity index (χ2n) is 7.09. The van der Waals surface area contributed by atoms with Gasteiger partial charge in [-0.2, -0.15) is 0 Å². The van der Waals surface area contributed by atoms with Crippen molar-refractivity contribution in [3.05, 3.63) is 30.5 Å². The molecule has 5 heteroatoms. The molecule has 0 amide bonds. The van der Waals surface area contributed by atoms with Crippen LogP contribution in [0.5, 0.6) is 0 Å². The zero-order valence-electron chi connectivity index (χ0n) is 15.1. The van der Waals surface area contributed by atoms with Crippen molar-refractivity contribution in [2.75, 3.05) is 56.7 Å². The van der Waals surface area contributed by atoms with Gasteiger partial charge in [0.25, 0.3) is 0 Å². The van der Waals surface area contributed by atoms with Gasteiger partial charge in [-0.25, -0.2) is 4.98 Å². The Labute approximate surface area is 150 Å². The number of ether oxygens (including phenoxy) is 1. The van der Waals surface area contributed by atoms with Gasteiger partial charge >= 0.3 is 0 Å². The lowest BCUT2D eigenvalue weighted by atomic mass is 10.1. The molecule has 3 heterocycles. The molecule has 0 aliphatic carbocycles. The molecule has 1 unspecified atom stereocenters. The molecule has 0 spiro atoms. The average molecular weight is 340 g/mol. The molecule has 4 rings (SSSR count). The van der Waals surface area contributed by atoms with E-state index in [2.05, 4.69) is 39.4 Å². The molecule has 0 bridgehead atoms. The fraction of sp³-hybridized carbons (Fsp3) is 0.550. The first kappa shape index (κ1) is 16.6. The molecule has 134 valence electrons. The highest BCUT2D eigenvalue weighted by atomic mass is 16.5. The summed E-state index contributed by atoms with van der Waals surface area (Å²) < 4.78 is 5.15. The van der Waals surface area contributed by atoms with E-state index in [0.717, 1.165) is 31.1 Å². The molecule has 2 aliphatic rings. The molecular formula is C20H28N4O. The van der Waals surface area contributed by atoms with Crippen LogP contribution in [0.2, 0.25) is 0 Å². The monoisotopic (exact) mass is 340 g/mol. The van der Waals surface area contributed by atoms with Crippen molar-refractivity contribution in [3.8, 4) is 0 Å². The minimum absolute atomic E-state index is 0.694. The summed E-state index contributed by atoms with van der Waals surface area (Å²) in [6, 6.07) is 9.29. The fourth-order valence-corrected chi connectivity index (χ4v) is 4.20. The lowest BCUT2D eigenvalue weighted by Gasteiger charge is -2.25. The Kier molecular flexibility index (Phi) is 5.04. The summed E-state index contributed by atoms with van der Waals surface area (Å²) in [5.41, 5.74) is 1.09. The van der Waals surface area contributed by atoms with Crippen LogP contribution in [0.1, 0.15) is 19.3 Å². The molecule has 2 aliphatic heterocycles. The van der Waals surface area contributed by atoms with Crippen LogP contribution < -0.4 is 10.2 Å². The normalized spacial score (nSPS) is 21.3. The zero-order valence-corrected chi connectivity index (χ0v) is 15.1. The summed E-state index contributed by atoms with van der Waals surface area (Å²) in [7, 11) is 1.73. The first-order valence-electron chi connectivity index (χ1n) is 9.46. The third kappa shape index (κ3) is 3.44. The van der Waals surface area contributed by atoms with Gasteiger partial charge in [0.15, 0.2) is 0 Å². The molecule has 5 nitrogen and oxygen atoms in total. The van der Waals surface area contributed by atoms with Crippen molar-refractivity contribution >= 4 is 22.3 Å². The predicted molar refractivity (Wildman–Crippen MR) is 104 cm³/mol. The van der Waals surface area contributed by atoms with Crippen molar-refractivity contribution in [3.63, 3.8) is 0 Å². The molecule has 1 atom stereocenters. The molecule has 2 aromatic rings. The Hall–Kier alpha value is -1.85. The number of hydrogen-bond donors (Lipinski definition) is 1. The van der Waals surface area contributed by atoms with E-state index in [0.29, 0.717) is 12.6 Å². The van der Waals surface area contributed by atoms with E-state index in [4.69, 9.17) is 9.72 Å². The number of nitrogens with one attached hydrogen (secondary N) is 1. The van der Waals surface area contributed by atoms with Gasteiger partial charge in [0, 0.05) is 43.6 Å². The van der Waals surface area contributed by atoms with Crippen LogP contribution in [-0.4, -0.2) is 62.4 Å². The highest BCUT2D eigenvalue weighted by molar-refractivity contribution is 6.00. The first-order valence-corrected chi connectivity index (χ1v) is 9.46. The lowest BCUT2D eigenvalue weighted by Crippen LogP contribution is -2.35. The number of anilines is 2.